The molecule has 0 bridgehead atoms. The summed E-state index contributed by atoms with van der Waals surface area (Å²) in [7, 11) is 0. The van der Waals surface area contributed by atoms with Crippen molar-refractivity contribution in [3.05, 3.63) is 12.2 Å². The maximum atomic E-state index is 11.8. The van der Waals surface area contributed by atoms with Gasteiger partial charge in [0.05, 0.1) is 6.42 Å². The summed E-state index contributed by atoms with van der Waals surface area (Å²) in [6, 6.07) is 0.133. The molecule has 1 rings (SSSR count). The third-order valence-corrected chi connectivity index (χ3v) is 3.75. The van der Waals surface area contributed by atoms with Gasteiger partial charge in [-0.25, -0.2) is 0 Å². The summed E-state index contributed by atoms with van der Waals surface area (Å²) in [4.78, 5) is 11.8. The van der Waals surface area contributed by atoms with Crippen LogP contribution in [0.2, 0.25) is 0 Å². The van der Waals surface area contributed by atoms with Gasteiger partial charge in [-0.1, -0.05) is 19.1 Å². The van der Waals surface area contributed by atoms with Crippen molar-refractivity contribution < 1.29 is 9.53 Å². The van der Waals surface area contributed by atoms with Gasteiger partial charge in [-0.05, 0) is 53.4 Å². The number of allylic oxidation sites excluding steroid dienone is 1. The minimum absolute atomic E-state index is 0.0795. The normalized spacial score (nSPS) is 29.1. The van der Waals surface area contributed by atoms with E-state index in [1.165, 1.54) is 0 Å². The smallest absolute Gasteiger partial charge is 0.307 e. The van der Waals surface area contributed by atoms with Gasteiger partial charge in [0.15, 0.2) is 0 Å². The Labute approximate surface area is 117 Å². The fraction of sp³-hybridized carbons (Fsp3) is 0.812. The molecule has 0 aromatic rings. The van der Waals surface area contributed by atoms with E-state index in [-0.39, 0.29) is 17.6 Å². The van der Waals surface area contributed by atoms with Crippen LogP contribution < -0.4 is 5.32 Å². The first kappa shape index (κ1) is 16.2. The van der Waals surface area contributed by atoms with Crippen LogP contribution in [0.4, 0.5) is 0 Å². The largest absolute Gasteiger partial charge is 0.460 e. The van der Waals surface area contributed by atoms with Crippen LogP contribution in [0.1, 0.15) is 60.8 Å². The molecule has 0 fully saturated rings. The summed E-state index contributed by atoms with van der Waals surface area (Å²) in [5, 5.41) is 3.61. The number of carbonyl (C=O) groups is 1. The van der Waals surface area contributed by atoms with E-state index in [0.717, 1.165) is 12.8 Å². The Morgan fingerprint density at radius 3 is 2.63 bits per heavy atom. The molecular formula is C16H29NO2. The molecule has 0 heterocycles. The molecule has 0 radical (unpaired) electrons. The van der Waals surface area contributed by atoms with Crippen molar-refractivity contribution >= 4 is 5.97 Å². The lowest BCUT2D eigenvalue weighted by Gasteiger charge is -2.40. The zero-order valence-corrected chi connectivity index (χ0v) is 13.2. The Bertz CT molecular complexity index is 343. The van der Waals surface area contributed by atoms with Crippen LogP contribution in [0.5, 0.6) is 0 Å². The Morgan fingerprint density at radius 2 is 2.11 bits per heavy atom. The molecule has 1 aliphatic carbocycles. The second kappa shape index (κ2) is 6.08. The molecule has 0 aromatic heterocycles. The average Bonchev–Trinajstić information content (AvgIpc) is 2.19. The predicted molar refractivity (Wildman–Crippen MR) is 79.0 cm³/mol. The maximum absolute atomic E-state index is 11.8. The van der Waals surface area contributed by atoms with Gasteiger partial charge in [0.25, 0.3) is 0 Å². The second-order valence-corrected chi connectivity index (χ2v) is 7.07. The zero-order chi connectivity index (χ0) is 14.7. The molecule has 0 saturated carbocycles. The Balaban J connectivity index is 2.49. The molecule has 110 valence electrons. The first-order valence-electron chi connectivity index (χ1n) is 7.27. The van der Waals surface area contributed by atoms with E-state index in [4.69, 9.17) is 4.74 Å². The first-order chi connectivity index (χ1) is 8.62. The number of ether oxygens (including phenoxy) is 1. The van der Waals surface area contributed by atoms with Crippen LogP contribution in [0.15, 0.2) is 12.2 Å². The molecular weight excluding hydrogens is 238 g/mol. The third kappa shape index (κ3) is 5.35. The molecule has 0 aliphatic heterocycles. The summed E-state index contributed by atoms with van der Waals surface area (Å²) >= 11 is 0. The number of nitrogens with one attached hydrogen (secondary N) is 1. The molecule has 0 amide bonds. The summed E-state index contributed by atoms with van der Waals surface area (Å²) in [6.45, 7) is 12.3. The van der Waals surface area contributed by atoms with Crippen molar-refractivity contribution in [3.8, 4) is 0 Å². The minimum atomic E-state index is -0.401. The SMILES string of the molecule is CC(CC(=O)OC(C)(C)C)NC1(C)CC=CCC1C. The summed E-state index contributed by atoms with van der Waals surface area (Å²) < 4.78 is 5.36. The summed E-state index contributed by atoms with van der Waals surface area (Å²) in [5.41, 5.74) is -0.322. The average molecular weight is 267 g/mol. The van der Waals surface area contributed by atoms with Gasteiger partial charge >= 0.3 is 5.97 Å². The molecule has 3 nitrogen and oxygen atoms in total. The molecule has 3 unspecified atom stereocenters. The van der Waals surface area contributed by atoms with Crippen molar-refractivity contribution in [2.75, 3.05) is 0 Å². The van der Waals surface area contributed by atoms with Gasteiger partial charge in [-0.2, -0.15) is 0 Å². The Kier molecular flexibility index (Phi) is 5.19. The highest BCUT2D eigenvalue weighted by Crippen LogP contribution is 2.29. The van der Waals surface area contributed by atoms with E-state index in [2.05, 4.69) is 38.2 Å². The lowest BCUT2D eigenvalue weighted by atomic mass is 9.78. The highest BCUT2D eigenvalue weighted by atomic mass is 16.6. The van der Waals surface area contributed by atoms with Crippen molar-refractivity contribution in [2.24, 2.45) is 5.92 Å². The standard InChI is InChI=1S/C16H29NO2/c1-12-9-7-8-10-16(12,6)17-13(2)11-14(18)19-15(3,4)5/h7-8,12-13,17H,9-11H2,1-6H3. The van der Waals surface area contributed by atoms with E-state index >= 15 is 0 Å². The van der Waals surface area contributed by atoms with E-state index in [9.17, 15) is 4.79 Å². The van der Waals surface area contributed by atoms with Crippen LogP contribution in [0.25, 0.3) is 0 Å². The van der Waals surface area contributed by atoms with Gasteiger partial charge in [0.2, 0.25) is 0 Å². The minimum Gasteiger partial charge on any atom is -0.460 e. The van der Waals surface area contributed by atoms with Crippen LogP contribution in [0.3, 0.4) is 0 Å². The van der Waals surface area contributed by atoms with Crippen molar-refractivity contribution in [1.82, 2.24) is 5.32 Å². The van der Waals surface area contributed by atoms with E-state index in [0.29, 0.717) is 12.3 Å². The Hall–Kier alpha value is -0.830. The summed E-state index contributed by atoms with van der Waals surface area (Å²) in [6.07, 6.45) is 7.01. The van der Waals surface area contributed by atoms with Gasteiger partial charge in [0.1, 0.15) is 5.60 Å². The van der Waals surface area contributed by atoms with Crippen molar-refractivity contribution in [3.63, 3.8) is 0 Å². The van der Waals surface area contributed by atoms with Crippen molar-refractivity contribution in [1.29, 1.82) is 0 Å². The van der Waals surface area contributed by atoms with Crippen LogP contribution in [-0.4, -0.2) is 23.2 Å². The van der Waals surface area contributed by atoms with E-state index in [1.807, 2.05) is 20.8 Å². The maximum Gasteiger partial charge on any atom is 0.307 e. The zero-order valence-electron chi connectivity index (χ0n) is 13.2. The molecule has 3 heteroatoms. The lowest BCUT2D eigenvalue weighted by Crippen LogP contribution is -2.52. The molecule has 0 spiro atoms. The third-order valence-electron chi connectivity index (χ3n) is 3.75. The van der Waals surface area contributed by atoms with Gasteiger partial charge < -0.3 is 10.1 Å². The van der Waals surface area contributed by atoms with Crippen LogP contribution in [0, 0.1) is 5.92 Å². The summed E-state index contributed by atoms with van der Waals surface area (Å²) in [5.74, 6) is 0.452. The fourth-order valence-electron chi connectivity index (χ4n) is 2.54. The molecule has 1 aliphatic rings. The number of carbonyl (C=O) groups excluding carboxylic acids is 1. The van der Waals surface area contributed by atoms with Gasteiger partial charge in [-0.3, -0.25) is 4.79 Å². The number of hydrogen-bond donors (Lipinski definition) is 1. The van der Waals surface area contributed by atoms with E-state index in [1.54, 1.807) is 0 Å². The molecule has 19 heavy (non-hydrogen) atoms. The highest BCUT2D eigenvalue weighted by Gasteiger charge is 2.33. The number of esters is 1. The molecule has 3 atom stereocenters. The van der Waals surface area contributed by atoms with Crippen LogP contribution in [-0.2, 0) is 9.53 Å². The Morgan fingerprint density at radius 1 is 1.47 bits per heavy atom. The van der Waals surface area contributed by atoms with Crippen LogP contribution >= 0.6 is 0 Å². The van der Waals surface area contributed by atoms with E-state index < -0.39 is 5.60 Å². The van der Waals surface area contributed by atoms with Crippen molar-refractivity contribution in [2.45, 2.75) is 78.0 Å². The molecule has 0 aromatic carbocycles. The number of hydrogen-bond acceptors (Lipinski definition) is 3. The monoisotopic (exact) mass is 267 g/mol. The quantitative estimate of drug-likeness (QED) is 0.626. The topological polar surface area (TPSA) is 38.3 Å². The molecule has 1 N–H and O–H groups in total. The highest BCUT2D eigenvalue weighted by molar-refractivity contribution is 5.70. The second-order valence-electron chi connectivity index (χ2n) is 7.07. The first-order valence-corrected chi connectivity index (χ1v) is 7.27. The van der Waals surface area contributed by atoms with Gasteiger partial charge in [0, 0.05) is 11.6 Å². The molecule has 0 saturated heterocycles. The van der Waals surface area contributed by atoms with Gasteiger partial charge in [-0.15, -0.1) is 0 Å². The fourth-order valence-corrected chi connectivity index (χ4v) is 2.54. The number of rotatable bonds is 4. The lowest BCUT2D eigenvalue weighted by molar-refractivity contribution is -0.155. The predicted octanol–water partition coefficient (Wildman–Crippen LogP) is 3.44.